The van der Waals surface area contributed by atoms with Crippen molar-refractivity contribution in [3.05, 3.63) is 26.6 Å². The summed E-state index contributed by atoms with van der Waals surface area (Å²) in [6, 6.07) is 0.416. The van der Waals surface area contributed by atoms with Crippen molar-refractivity contribution < 1.29 is 5.11 Å². The molecule has 3 unspecified atom stereocenters. The molecule has 0 bridgehead atoms. The van der Waals surface area contributed by atoms with Gasteiger partial charge in [0.25, 0.3) is 5.56 Å². The number of nitrogens with zero attached hydrogens (tertiary/aromatic N) is 2. The van der Waals surface area contributed by atoms with Crippen molar-refractivity contribution in [2.45, 2.75) is 65.1 Å². The molecule has 6 heteroatoms. The smallest absolute Gasteiger partial charge is 0.259 e. The van der Waals surface area contributed by atoms with Crippen molar-refractivity contribution >= 4 is 21.6 Å². The summed E-state index contributed by atoms with van der Waals surface area (Å²) in [5.41, 5.74) is 0.996. The minimum Gasteiger partial charge on any atom is -0.393 e. The van der Waals surface area contributed by atoms with Crippen molar-refractivity contribution in [2.75, 3.05) is 6.54 Å². The molecule has 0 aliphatic carbocycles. The van der Waals surface area contributed by atoms with Gasteiger partial charge >= 0.3 is 0 Å². The molecule has 126 valence electrons. The zero-order valence-electron chi connectivity index (χ0n) is 14.2. The van der Waals surface area contributed by atoms with Crippen LogP contribution in [0.2, 0.25) is 0 Å². The average Bonchev–Trinajstić information content (AvgIpc) is 3.03. The number of rotatable bonds is 4. The molecule has 0 radical (unpaired) electrons. The summed E-state index contributed by atoms with van der Waals surface area (Å²) in [7, 11) is 0. The number of aliphatic hydroxyl groups excluding tert-OH is 1. The van der Waals surface area contributed by atoms with E-state index >= 15 is 0 Å². The van der Waals surface area contributed by atoms with E-state index in [1.165, 1.54) is 0 Å². The Labute approximate surface area is 140 Å². The number of likely N-dealkylation sites (tertiary alicyclic amines) is 1. The van der Waals surface area contributed by atoms with Crippen LogP contribution in [0.3, 0.4) is 0 Å². The first kappa shape index (κ1) is 16.6. The van der Waals surface area contributed by atoms with Crippen LogP contribution >= 0.6 is 11.3 Å². The lowest BCUT2D eigenvalue weighted by Crippen LogP contribution is -2.35. The third-order valence-corrected chi connectivity index (χ3v) is 6.09. The fraction of sp³-hybridized carbons (Fsp3) is 0.647. The largest absolute Gasteiger partial charge is 0.393 e. The Hall–Kier alpha value is -1.24. The predicted molar refractivity (Wildman–Crippen MR) is 94.2 cm³/mol. The lowest BCUT2D eigenvalue weighted by molar-refractivity contribution is 0.112. The molecule has 3 rings (SSSR count). The van der Waals surface area contributed by atoms with Gasteiger partial charge in [-0.15, -0.1) is 11.3 Å². The number of aromatic amines is 1. The number of aryl methyl sites for hydroxylation is 2. The van der Waals surface area contributed by atoms with Crippen molar-refractivity contribution in [3.63, 3.8) is 0 Å². The molecule has 0 amide bonds. The highest BCUT2D eigenvalue weighted by atomic mass is 32.1. The SMILES string of the molecule is Cc1sc2nc(C(C)N3CCCC3CC(C)O)[nH]c(=O)c2c1C. The Morgan fingerprint density at radius 2 is 2.17 bits per heavy atom. The maximum Gasteiger partial charge on any atom is 0.259 e. The van der Waals surface area contributed by atoms with Gasteiger partial charge in [0.1, 0.15) is 10.7 Å². The van der Waals surface area contributed by atoms with Crippen LogP contribution < -0.4 is 5.56 Å². The minimum atomic E-state index is -0.301. The molecule has 2 aromatic rings. The van der Waals surface area contributed by atoms with Gasteiger partial charge in [0.2, 0.25) is 0 Å². The Morgan fingerprint density at radius 1 is 1.43 bits per heavy atom. The number of fused-ring (bicyclic) bond motifs is 1. The van der Waals surface area contributed by atoms with Gasteiger partial charge in [-0.3, -0.25) is 9.69 Å². The average molecular weight is 335 g/mol. The second kappa shape index (κ2) is 6.34. The van der Waals surface area contributed by atoms with E-state index in [1.807, 2.05) is 20.8 Å². The first-order valence-electron chi connectivity index (χ1n) is 8.32. The number of nitrogens with one attached hydrogen (secondary N) is 1. The predicted octanol–water partition coefficient (Wildman–Crippen LogP) is 2.90. The highest BCUT2D eigenvalue weighted by Gasteiger charge is 2.31. The van der Waals surface area contributed by atoms with Crippen molar-refractivity contribution in [1.82, 2.24) is 14.9 Å². The highest BCUT2D eigenvalue weighted by molar-refractivity contribution is 7.18. The summed E-state index contributed by atoms with van der Waals surface area (Å²) in [6.07, 6.45) is 2.70. The first-order valence-corrected chi connectivity index (χ1v) is 9.14. The fourth-order valence-electron chi connectivity index (χ4n) is 3.64. The fourth-order valence-corrected chi connectivity index (χ4v) is 4.68. The summed E-state index contributed by atoms with van der Waals surface area (Å²) in [4.78, 5) is 24.5. The van der Waals surface area contributed by atoms with Gasteiger partial charge in [0.15, 0.2) is 0 Å². The molecule has 1 saturated heterocycles. The molecule has 1 aliphatic heterocycles. The van der Waals surface area contributed by atoms with Crippen LogP contribution in [0.1, 0.15) is 55.4 Å². The highest BCUT2D eigenvalue weighted by Crippen LogP contribution is 2.31. The summed E-state index contributed by atoms with van der Waals surface area (Å²) in [6.45, 7) is 8.93. The van der Waals surface area contributed by atoms with Gasteiger partial charge < -0.3 is 10.1 Å². The van der Waals surface area contributed by atoms with Crippen molar-refractivity contribution in [3.8, 4) is 0 Å². The van der Waals surface area contributed by atoms with Crippen LogP contribution in [0, 0.1) is 13.8 Å². The number of hydrogen-bond donors (Lipinski definition) is 2. The van der Waals surface area contributed by atoms with Gasteiger partial charge in [-0.05, 0) is 59.1 Å². The monoisotopic (exact) mass is 335 g/mol. The molecule has 3 heterocycles. The number of aliphatic hydroxyl groups is 1. The molecule has 3 atom stereocenters. The van der Waals surface area contributed by atoms with Crippen LogP contribution in [0.15, 0.2) is 4.79 Å². The minimum absolute atomic E-state index is 0.0371. The van der Waals surface area contributed by atoms with E-state index in [4.69, 9.17) is 4.98 Å². The van der Waals surface area contributed by atoms with E-state index in [0.717, 1.165) is 52.3 Å². The molecule has 0 saturated carbocycles. The Morgan fingerprint density at radius 3 is 2.87 bits per heavy atom. The van der Waals surface area contributed by atoms with Crippen LogP contribution in [0.4, 0.5) is 0 Å². The van der Waals surface area contributed by atoms with Gasteiger partial charge in [0.05, 0.1) is 17.5 Å². The van der Waals surface area contributed by atoms with Gasteiger partial charge in [-0.2, -0.15) is 0 Å². The number of H-pyrrole nitrogens is 1. The van der Waals surface area contributed by atoms with E-state index in [0.29, 0.717) is 6.04 Å². The molecule has 0 aromatic carbocycles. The standard InChI is InChI=1S/C17H25N3O2S/c1-9(21)8-13-6-5-7-20(13)11(3)15-18-16(22)14-10(2)12(4)23-17(14)19-15/h9,11,13,21H,5-8H2,1-4H3,(H,18,19,22). The summed E-state index contributed by atoms with van der Waals surface area (Å²) in [5, 5.41) is 10.4. The van der Waals surface area contributed by atoms with Gasteiger partial charge in [-0.25, -0.2) is 4.98 Å². The molecular weight excluding hydrogens is 310 g/mol. The molecule has 1 fully saturated rings. The first-order chi connectivity index (χ1) is 10.9. The summed E-state index contributed by atoms with van der Waals surface area (Å²) >= 11 is 1.59. The van der Waals surface area contributed by atoms with Crippen LogP contribution in [0.5, 0.6) is 0 Å². The van der Waals surface area contributed by atoms with E-state index in [9.17, 15) is 9.90 Å². The van der Waals surface area contributed by atoms with Crippen molar-refractivity contribution in [1.29, 1.82) is 0 Å². The molecule has 0 spiro atoms. The zero-order valence-corrected chi connectivity index (χ0v) is 15.0. The lowest BCUT2D eigenvalue weighted by atomic mass is 10.1. The van der Waals surface area contributed by atoms with E-state index < -0.39 is 0 Å². The topological polar surface area (TPSA) is 69.2 Å². The molecule has 2 N–H and O–H groups in total. The zero-order chi connectivity index (χ0) is 16.7. The number of aromatic nitrogens is 2. The van der Waals surface area contributed by atoms with Crippen LogP contribution in [-0.2, 0) is 0 Å². The molecular formula is C17H25N3O2S. The molecule has 1 aliphatic rings. The van der Waals surface area contributed by atoms with Gasteiger partial charge in [-0.1, -0.05) is 0 Å². The molecule has 23 heavy (non-hydrogen) atoms. The van der Waals surface area contributed by atoms with Gasteiger partial charge in [0, 0.05) is 10.9 Å². The number of thiophene rings is 1. The Bertz CT molecular complexity index is 765. The number of hydrogen-bond acceptors (Lipinski definition) is 5. The Balaban J connectivity index is 1.94. The summed E-state index contributed by atoms with van der Waals surface area (Å²) < 4.78 is 0. The quantitative estimate of drug-likeness (QED) is 0.901. The maximum absolute atomic E-state index is 12.5. The second-order valence-corrected chi connectivity index (χ2v) is 7.91. The lowest BCUT2D eigenvalue weighted by Gasteiger charge is -2.30. The normalized spacial score (nSPS) is 21.9. The molecule has 5 nitrogen and oxygen atoms in total. The van der Waals surface area contributed by atoms with E-state index in [2.05, 4.69) is 16.8 Å². The van der Waals surface area contributed by atoms with Crippen LogP contribution in [0.25, 0.3) is 10.2 Å². The second-order valence-electron chi connectivity index (χ2n) is 6.71. The summed E-state index contributed by atoms with van der Waals surface area (Å²) in [5.74, 6) is 0.737. The maximum atomic E-state index is 12.5. The Kier molecular flexibility index (Phi) is 4.58. The third-order valence-electron chi connectivity index (χ3n) is 4.99. The third kappa shape index (κ3) is 3.07. The van der Waals surface area contributed by atoms with Crippen LogP contribution in [-0.4, -0.2) is 38.7 Å². The van der Waals surface area contributed by atoms with Crippen molar-refractivity contribution in [2.24, 2.45) is 0 Å². The van der Waals surface area contributed by atoms with E-state index in [1.54, 1.807) is 11.3 Å². The molecule has 2 aromatic heterocycles. The van der Waals surface area contributed by atoms with E-state index in [-0.39, 0.29) is 17.7 Å².